The van der Waals surface area contributed by atoms with Crippen molar-refractivity contribution in [1.29, 1.82) is 0 Å². The highest BCUT2D eigenvalue weighted by molar-refractivity contribution is 5.95. The van der Waals surface area contributed by atoms with Crippen LogP contribution in [0.4, 0.5) is 0 Å². The molecule has 0 aliphatic carbocycles. The number of ketones is 1. The highest BCUT2D eigenvalue weighted by Gasteiger charge is 2.18. The van der Waals surface area contributed by atoms with Gasteiger partial charge in [0.15, 0.2) is 5.78 Å². The van der Waals surface area contributed by atoms with E-state index in [0.29, 0.717) is 6.42 Å². The number of piperidine rings is 1. The molecule has 3 nitrogen and oxygen atoms in total. The van der Waals surface area contributed by atoms with Crippen molar-refractivity contribution in [2.45, 2.75) is 25.7 Å². The third kappa shape index (κ3) is 4.73. The standard InChI is InChI=1S/C17H25NO2/c1-20-14-15-9-12-18(13-10-15)11-5-8-17(19)16-6-3-2-4-7-16/h2-4,6-7,15H,5,8-14H2,1H3. The molecular formula is C17H25NO2. The quantitative estimate of drug-likeness (QED) is 0.716. The lowest BCUT2D eigenvalue weighted by Crippen LogP contribution is -2.35. The second-order valence-corrected chi connectivity index (χ2v) is 5.63. The fourth-order valence-electron chi connectivity index (χ4n) is 2.84. The fraction of sp³-hybridized carbons (Fsp3) is 0.588. The van der Waals surface area contributed by atoms with Gasteiger partial charge in [0.2, 0.25) is 0 Å². The van der Waals surface area contributed by atoms with Gasteiger partial charge in [0.05, 0.1) is 0 Å². The molecule has 0 N–H and O–H groups in total. The molecule has 0 bridgehead atoms. The van der Waals surface area contributed by atoms with Gasteiger partial charge in [0.1, 0.15) is 0 Å². The fourth-order valence-corrected chi connectivity index (χ4v) is 2.84. The highest BCUT2D eigenvalue weighted by Crippen LogP contribution is 2.17. The van der Waals surface area contributed by atoms with E-state index >= 15 is 0 Å². The van der Waals surface area contributed by atoms with Gasteiger partial charge in [-0.15, -0.1) is 0 Å². The van der Waals surface area contributed by atoms with Gasteiger partial charge in [-0.25, -0.2) is 0 Å². The number of hydrogen-bond acceptors (Lipinski definition) is 3. The molecule has 1 fully saturated rings. The molecule has 1 saturated heterocycles. The van der Waals surface area contributed by atoms with Crippen LogP contribution in [-0.2, 0) is 4.74 Å². The average molecular weight is 275 g/mol. The summed E-state index contributed by atoms with van der Waals surface area (Å²) in [5.41, 5.74) is 0.839. The normalized spacial score (nSPS) is 17.2. The lowest BCUT2D eigenvalue weighted by molar-refractivity contribution is 0.0929. The molecule has 0 saturated carbocycles. The van der Waals surface area contributed by atoms with E-state index in [4.69, 9.17) is 4.74 Å². The van der Waals surface area contributed by atoms with Crippen LogP contribution in [0.3, 0.4) is 0 Å². The molecule has 1 aliphatic heterocycles. The van der Waals surface area contributed by atoms with Crippen LogP contribution < -0.4 is 0 Å². The van der Waals surface area contributed by atoms with E-state index in [1.54, 1.807) is 7.11 Å². The first-order valence-electron chi connectivity index (χ1n) is 7.59. The third-order valence-corrected chi connectivity index (χ3v) is 4.08. The van der Waals surface area contributed by atoms with E-state index in [9.17, 15) is 4.79 Å². The summed E-state index contributed by atoms with van der Waals surface area (Å²) < 4.78 is 5.21. The van der Waals surface area contributed by atoms with Gasteiger partial charge in [0.25, 0.3) is 0 Å². The minimum absolute atomic E-state index is 0.264. The summed E-state index contributed by atoms with van der Waals surface area (Å²) in [5, 5.41) is 0. The molecular weight excluding hydrogens is 250 g/mol. The summed E-state index contributed by atoms with van der Waals surface area (Å²) in [6.45, 7) is 4.22. The number of carbonyl (C=O) groups is 1. The Bertz CT molecular complexity index is 397. The molecule has 1 heterocycles. The zero-order valence-corrected chi connectivity index (χ0v) is 12.4. The van der Waals surface area contributed by atoms with Crippen molar-refractivity contribution < 1.29 is 9.53 Å². The lowest BCUT2D eigenvalue weighted by atomic mass is 9.97. The zero-order chi connectivity index (χ0) is 14.2. The van der Waals surface area contributed by atoms with E-state index in [0.717, 1.165) is 44.1 Å². The van der Waals surface area contributed by atoms with Crippen LogP contribution in [0.25, 0.3) is 0 Å². The molecule has 0 aromatic heterocycles. The van der Waals surface area contributed by atoms with Crippen molar-refractivity contribution in [2.24, 2.45) is 5.92 Å². The molecule has 3 heteroatoms. The minimum atomic E-state index is 0.264. The Balaban J connectivity index is 1.63. The topological polar surface area (TPSA) is 29.5 Å². The monoisotopic (exact) mass is 275 g/mol. The van der Waals surface area contributed by atoms with Gasteiger partial charge in [0, 0.05) is 25.7 Å². The van der Waals surface area contributed by atoms with E-state index in [2.05, 4.69) is 4.90 Å². The molecule has 20 heavy (non-hydrogen) atoms. The van der Waals surface area contributed by atoms with E-state index in [1.165, 1.54) is 12.8 Å². The Morgan fingerprint density at radius 2 is 1.95 bits per heavy atom. The molecule has 0 unspecified atom stereocenters. The van der Waals surface area contributed by atoms with Gasteiger partial charge in [-0.3, -0.25) is 4.79 Å². The summed E-state index contributed by atoms with van der Waals surface area (Å²) in [4.78, 5) is 14.5. The minimum Gasteiger partial charge on any atom is -0.384 e. The Morgan fingerprint density at radius 1 is 1.25 bits per heavy atom. The summed E-state index contributed by atoms with van der Waals surface area (Å²) >= 11 is 0. The van der Waals surface area contributed by atoms with Crippen molar-refractivity contribution in [3.05, 3.63) is 35.9 Å². The molecule has 1 aromatic rings. The van der Waals surface area contributed by atoms with Gasteiger partial charge >= 0.3 is 0 Å². The number of likely N-dealkylation sites (tertiary alicyclic amines) is 1. The SMILES string of the molecule is COCC1CCN(CCCC(=O)c2ccccc2)CC1. The van der Waals surface area contributed by atoms with Gasteiger partial charge < -0.3 is 9.64 Å². The lowest BCUT2D eigenvalue weighted by Gasteiger charge is -2.31. The Morgan fingerprint density at radius 3 is 2.60 bits per heavy atom. The number of nitrogens with zero attached hydrogens (tertiary/aromatic N) is 1. The largest absolute Gasteiger partial charge is 0.384 e. The summed E-state index contributed by atoms with van der Waals surface area (Å²) in [6.07, 6.45) is 4.06. The maximum absolute atomic E-state index is 12.0. The molecule has 0 radical (unpaired) electrons. The first-order chi connectivity index (χ1) is 9.79. The molecule has 1 aromatic carbocycles. The zero-order valence-electron chi connectivity index (χ0n) is 12.4. The van der Waals surface area contributed by atoms with Gasteiger partial charge in [-0.1, -0.05) is 30.3 Å². The van der Waals surface area contributed by atoms with Crippen LogP contribution >= 0.6 is 0 Å². The van der Waals surface area contributed by atoms with Crippen LogP contribution in [0.2, 0.25) is 0 Å². The first-order valence-corrected chi connectivity index (χ1v) is 7.59. The number of carbonyl (C=O) groups excluding carboxylic acids is 1. The Hall–Kier alpha value is -1.19. The molecule has 0 atom stereocenters. The number of Topliss-reactive ketones (excluding diaryl/α,β-unsaturated/α-hetero) is 1. The predicted octanol–water partition coefficient (Wildman–Crippen LogP) is 3.01. The molecule has 0 spiro atoms. The van der Waals surface area contributed by atoms with Crippen LogP contribution in [0.5, 0.6) is 0 Å². The first kappa shape index (κ1) is 15.2. The van der Waals surface area contributed by atoms with Crippen LogP contribution in [0.15, 0.2) is 30.3 Å². The second kappa shape index (κ2) is 8.18. The molecule has 2 rings (SSSR count). The number of ether oxygens (including phenoxy) is 1. The number of hydrogen-bond donors (Lipinski definition) is 0. The van der Waals surface area contributed by atoms with Crippen molar-refractivity contribution in [2.75, 3.05) is 33.4 Å². The predicted molar refractivity (Wildman–Crippen MR) is 81.0 cm³/mol. The van der Waals surface area contributed by atoms with Crippen molar-refractivity contribution in [3.63, 3.8) is 0 Å². The average Bonchev–Trinajstić information content (AvgIpc) is 2.50. The van der Waals surface area contributed by atoms with Crippen LogP contribution in [0.1, 0.15) is 36.0 Å². The number of rotatable bonds is 7. The number of methoxy groups -OCH3 is 1. The molecule has 0 amide bonds. The Labute approximate surface area is 121 Å². The third-order valence-electron chi connectivity index (χ3n) is 4.08. The Kier molecular flexibility index (Phi) is 6.22. The highest BCUT2D eigenvalue weighted by atomic mass is 16.5. The van der Waals surface area contributed by atoms with Crippen molar-refractivity contribution >= 4 is 5.78 Å². The van der Waals surface area contributed by atoms with Crippen LogP contribution in [0, 0.1) is 5.92 Å². The van der Waals surface area contributed by atoms with E-state index in [-0.39, 0.29) is 5.78 Å². The summed E-state index contributed by atoms with van der Waals surface area (Å²) in [6, 6.07) is 9.60. The summed E-state index contributed by atoms with van der Waals surface area (Å²) in [5.74, 6) is 0.988. The molecule has 1 aliphatic rings. The summed E-state index contributed by atoms with van der Waals surface area (Å²) in [7, 11) is 1.78. The van der Waals surface area contributed by atoms with Gasteiger partial charge in [-0.05, 0) is 44.8 Å². The van der Waals surface area contributed by atoms with Crippen molar-refractivity contribution in [3.8, 4) is 0 Å². The van der Waals surface area contributed by atoms with Crippen LogP contribution in [-0.4, -0.2) is 44.0 Å². The van der Waals surface area contributed by atoms with E-state index < -0.39 is 0 Å². The maximum Gasteiger partial charge on any atom is 0.162 e. The second-order valence-electron chi connectivity index (χ2n) is 5.63. The number of benzene rings is 1. The smallest absolute Gasteiger partial charge is 0.162 e. The van der Waals surface area contributed by atoms with E-state index in [1.807, 2.05) is 30.3 Å². The molecule has 110 valence electrons. The maximum atomic E-state index is 12.0. The van der Waals surface area contributed by atoms with Gasteiger partial charge in [-0.2, -0.15) is 0 Å². The van der Waals surface area contributed by atoms with Crippen molar-refractivity contribution in [1.82, 2.24) is 4.90 Å².